The molecule has 1 atom stereocenters. The predicted molar refractivity (Wildman–Crippen MR) is 73.9 cm³/mol. The van der Waals surface area contributed by atoms with Gasteiger partial charge in [0.15, 0.2) is 5.82 Å². The van der Waals surface area contributed by atoms with Crippen LogP contribution in [0.3, 0.4) is 0 Å². The third-order valence-electron chi connectivity index (χ3n) is 2.39. The van der Waals surface area contributed by atoms with Gasteiger partial charge in [-0.15, -0.1) is 11.8 Å². The number of halogens is 1. The molecule has 0 saturated carbocycles. The molecule has 7 heteroatoms. The van der Waals surface area contributed by atoms with Gasteiger partial charge < -0.3 is 15.4 Å². The lowest BCUT2D eigenvalue weighted by molar-refractivity contribution is 0.127. The van der Waals surface area contributed by atoms with E-state index in [0.717, 1.165) is 4.90 Å². The summed E-state index contributed by atoms with van der Waals surface area (Å²) in [6.45, 7) is 0.373. The number of hydrogen-bond donors (Lipinski definition) is 2. The molecule has 2 aromatic rings. The van der Waals surface area contributed by atoms with E-state index >= 15 is 0 Å². The van der Waals surface area contributed by atoms with Crippen molar-refractivity contribution in [3.63, 3.8) is 0 Å². The van der Waals surface area contributed by atoms with Crippen molar-refractivity contribution < 1.29 is 9.63 Å². The third kappa shape index (κ3) is 4.21. The topological polar surface area (TPSA) is 85.2 Å². The van der Waals surface area contributed by atoms with Crippen LogP contribution in [0.5, 0.6) is 0 Å². The molecule has 2 rings (SSSR count). The van der Waals surface area contributed by atoms with E-state index in [4.69, 9.17) is 21.9 Å². The lowest BCUT2D eigenvalue weighted by Crippen LogP contribution is -2.06. The zero-order valence-corrected chi connectivity index (χ0v) is 11.7. The summed E-state index contributed by atoms with van der Waals surface area (Å²) in [5.41, 5.74) is 5.36. The fourth-order valence-corrected chi connectivity index (χ4v) is 2.29. The summed E-state index contributed by atoms with van der Waals surface area (Å²) in [5, 5.41) is 14.2. The van der Waals surface area contributed by atoms with Crippen LogP contribution in [0.25, 0.3) is 0 Å². The first-order chi connectivity index (χ1) is 9.19. The van der Waals surface area contributed by atoms with Gasteiger partial charge in [-0.2, -0.15) is 4.98 Å². The highest BCUT2D eigenvalue weighted by atomic mass is 35.5. The molecule has 102 valence electrons. The Balaban J connectivity index is 1.91. The van der Waals surface area contributed by atoms with Crippen LogP contribution >= 0.6 is 23.4 Å². The van der Waals surface area contributed by atoms with Gasteiger partial charge in [-0.25, -0.2) is 0 Å². The number of benzene rings is 1. The van der Waals surface area contributed by atoms with Crippen molar-refractivity contribution in [3.8, 4) is 0 Å². The summed E-state index contributed by atoms with van der Waals surface area (Å²) in [5.74, 6) is 1.34. The van der Waals surface area contributed by atoms with Crippen LogP contribution in [0, 0.1) is 0 Å². The maximum absolute atomic E-state index is 9.65. The molecule has 0 spiro atoms. The monoisotopic (exact) mass is 299 g/mol. The molecule has 1 aromatic heterocycles. The van der Waals surface area contributed by atoms with Crippen LogP contribution in [0.15, 0.2) is 33.7 Å². The normalized spacial score (nSPS) is 12.6. The average Bonchev–Trinajstić information content (AvgIpc) is 2.87. The van der Waals surface area contributed by atoms with Crippen LogP contribution in [0.4, 0.5) is 0 Å². The van der Waals surface area contributed by atoms with Gasteiger partial charge in [0.05, 0.1) is 5.75 Å². The summed E-state index contributed by atoms with van der Waals surface area (Å²) in [6.07, 6.45) is -0.377. The molecule has 0 aliphatic carbocycles. The minimum atomic E-state index is -0.785. The molecular weight excluding hydrogens is 286 g/mol. The zero-order chi connectivity index (χ0) is 13.7. The fourth-order valence-electron chi connectivity index (χ4n) is 1.42. The molecule has 0 radical (unpaired) electrons. The second kappa shape index (κ2) is 6.91. The molecule has 3 N–H and O–H groups in total. The van der Waals surface area contributed by atoms with Gasteiger partial charge in [-0.05, 0) is 37.2 Å². The largest absolute Gasteiger partial charge is 0.383 e. The smallest absolute Gasteiger partial charge is 0.255 e. The average molecular weight is 300 g/mol. The van der Waals surface area contributed by atoms with Crippen LogP contribution in [0.2, 0.25) is 5.02 Å². The van der Waals surface area contributed by atoms with Crippen molar-refractivity contribution >= 4 is 23.4 Å². The van der Waals surface area contributed by atoms with Gasteiger partial charge >= 0.3 is 0 Å². The fraction of sp³-hybridized carbons (Fsp3) is 0.333. The van der Waals surface area contributed by atoms with E-state index < -0.39 is 6.10 Å². The summed E-state index contributed by atoms with van der Waals surface area (Å²) in [7, 11) is 0. The maximum atomic E-state index is 9.65. The molecule has 0 fully saturated rings. The first kappa shape index (κ1) is 14.3. The van der Waals surface area contributed by atoms with Gasteiger partial charge in [0.2, 0.25) is 0 Å². The summed E-state index contributed by atoms with van der Waals surface area (Å²) in [4.78, 5) is 5.20. The highest BCUT2D eigenvalue weighted by molar-refractivity contribution is 7.98. The number of aliphatic hydroxyl groups excluding tert-OH is 1. The first-order valence-electron chi connectivity index (χ1n) is 5.78. The molecule has 0 aliphatic heterocycles. The van der Waals surface area contributed by atoms with Crippen molar-refractivity contribution in [1.82, 2.24) is 10.1 Å². The van der Waals surface area contributed by atoms with E-state index in [1.54, 1.807) is 11.8 Å². The summed E-state index contributed by atoms with van der Waals surface area (Å²) < 4.78 is 4.99. The van der Waals surface area contributed by atoms with Crippen LogP contribution < -0.4 is 5.73 Å². The second-order valence-electron chi connectivity index (χ2n) is 3.88. The molecule has 0 aliphatic rings. The highest BCUT2D eigenvalue weighted by Gasteiger charge is 2.15. The van der Waals surface area contributed by atoms with Gasteiger partial charge in [-0.1, -0.05) is 16.8 Å². The number of nitrogens with two attached hydrogens (primary N) is 1. The standard InChI is InChI=1S/C12H14ClN3O2S/c13-8-1-3-9(4-2-8)19-7-11-15-12(18-16-11)10(17)5-6-14/h1-4,10,17H,5-7,14H2. The number of hydrogen-bond acceptors (Lipinski definition) is 6. The van der Waals surface area contributed by atoms with E-state index in [1.165, 1.54) is 0 Å². The van der Waals surface area contributed by atoms with E-state index in [0.29, 0.717) is 29.6 Å². The maximum Gasteiger partial charge on any atom is 0.255 e. The van der Waals surface area contributed by atoms with Gasteiger partial charge in [-0.3, -0.25) is 0 Å². The van der Waals surface area contributed by atoms with Crippen LogP contribution in [-0.2, 0) is 5.75 Å². The Morgan fingerprint density at radius 3 is 2.79 bits per heavy atom. The zero-order valence-electron chi connectivity index (χ0n) is 10.1. The molecule has 1 unspecified atom stereocenters. The summed E-state index contributed by atoms with van der Waals surface area (Å²) >= 11 is 7.38. The molecule has 0 saturated heterocycles. The Bertz CT molecular complexity index is 518. The molecule has 0 amide bonds. The first-order valence-corrected chi connectivity index (χ1v) is 7.14. The molecule has 19 heavy (non-hydrogen) atoms. The summed E-state index contributed by atoms with van der Waals surface area (Å²) in [6, 6.07) is 7.52. The number of thioether (sulfide) groups is 1. The van der Waals surface area contributed by atoms with Crippen LogP contribution in [0.1, 0.15) is 24.2 Å². The Morgan fingerprint density at radius 1 is 1.37 bits per heavy atom. The number of aromatic nitrogens is 2. The lowest BCUT2D eigenvalue weighted by Gasteiger charge is -2.01. The molecular formula is C12H14ClN3O2S. The number of nitrogens with zero attached hydrogens (tertiary/aromatic N) is 2. The molecule has 1 heterocycles. The van der Waals surface area contributed by atoms with E-state index in [1.807, 2.05) is 24.3 Å². The van der Waals surface area contributed by atoms with Crippen LogP contribution in [-0.4, -0.2) is 21.8 Å². The lowest BCUT2D eigenvalue weighted by atomic mass is 10.2. The Morgan fingerprint density at radius 2 is 2.11 bits per heavy atom. The number of aliphatic hydroxyl groups is 1. The van der Waals surface area contributed by atoms with E-state index in [-0.39, 0.29) is 5.89 Å². The van der Waals surface area contributed by atoms with Crippen molar-refractivity contribution in [2.75, 3.05) is 6.54 Å². The second-order valence-corrected chi connectivity index (χ2v) is 5.37. The SMILES string of the molecule is NCCC(O)c1nc(CSc2ccc(Cl)cc2)no1. The minimum absolute atomic E-state index is 0.220. The van der Waals surface area contributed by atoms with Crippen molar-refractivity contribution in [2.24, 2.45) is 5.73 Å². The van der Waals surface area contributed by atoms with Gasteiger partial charge in [0.1, 0.15) is 6.10 Å². The van der Waals surface area contributed by atoms with E-state index in [2.05, 4.69) is 10.1 Å². The highest BCUT2D eigenvalue weighted by Crippen LogP contribution is 2.24. The molecule has 0 bridgehead atoms. The Hall–Kier alpha value is -1.08. The Labute approximate surface area is 120 Å². The van der Waals surface area contributed by atoms with Gasteiger partial charge in [0.25, 0.3) is 5.89 Å². The van der Waals surface area contributed by atoms with E-state index in [9.17, 15) is 5.11 Å². The van der Waals surface area contributed by atoms with Crippen molar-refractivity contribution in [1.29, 1.82) is 0 Å². The third-order valence-corrected chi connectivity index (χ3v) is 3.65. The molecule has 5 nitrogen and oxygen atoms in total. The molecule has 1 aromatic carbocycles. The van der Waals surface area contributed by atoms with Crippen molar-refractivity contribution in [3.05, 3.63) is 41.0 Å². The predicted octanol–water partition coefficient (Wildman–Crippen LogP) is 2.40. The quantitative estimate of drug-likeness (QED) is 0.797. The van der Waals surface area contributed by atoms with Crippen molar-refractivity contribution in [2.45, 2.75) is 23.2 Å². The Kier molecular flexibility index (Phi) is 5.21. The minimum Gasteiger partial charge on any atom is -0.383 e. The number of rotatable bonds is 6. The van der Waals surface area contributed by atoms with Gasteiger partial charge in [0, 0.05) is 9.92 Å².